The zero-order valence-corrected chi connectivity index (χ0v) is 12.4. The van der Waals surface area contributed by atoms with Crippen LogP contribution in [-0.2, 0) is 6.42 Å². The summed E-state index contributed by atoms with van der Waals surface area (Å²) < 4.78 is 5.27. The lowest BCUT2D eigenvalue weighted by molar-refractivity contribution is 0.411. The largest absolute Gasteiger partial charge is 0.496 e. The Labute approximate surface area is 120 Å². The van der Waals surface area contributed by atoms with Crippen molar-refractivity contribution in [2.75, 3.05) is 7.11 Å². The van der Waals surface area contributed by atoms with Crippen LogP contribution in [0, 0.1) is 6.92 Å². The summed E-state index contributed by atoms with van der Waals surface area (Å²) in [7, 11) is 1.68. The van der Waals surface area contributed by atoms with Gasteiger partial charge in [0.25, 0.3) is 0 Å². The molecule has 0 N–H and O–H groups in total. The van der Waals surface area contributed by atoms with Crippen molar-refractivity contribution in [1.82, 2.24) is 0 Å². The number of hydrogen-bond donors (Lipinski definition) is 0. The van der Waals surface area contributed by atoms with Gasteiger partial charge in [0, 0.05) is 0 Å². The van der Waals surface area contributed by atoms with Crippen LogP contribution in [0.5, 0.6) is 5.75 Å². The van der Waals surface area contributed by atoms with E-state index < -0.39 is 0 Å². The van der Waals surface area contributed by atoms with Crippen LogP contribution >= 0.6 is 11.6 Å². The molecule has 100 valence electrons. The zero-order valence-electron chi connectivity index (χ0n) is 11.6. The summed E-state index contributed by atoms with van der Waals surface area (Å²) in [6, 6.07) is 14.6. The molecule has 0 radical (unpaired) electrons. The van der Waals surface area contributed by atoms with Gasteiger partial charge in [-0.3, -0.25) is 0 Å². The first kappa shape index (κ1) is 14.0. The van der Waals surface area contributed by atoms with Crippen molar-refractivity contribution < 1.29 is 4.74 Å². The SMILES string of the molecule is CCc1ccc(C(Cl)c2ccc(OC)c(C)c2)cc1. The summed E-state index contributed by atoms with van der Waals surface area (Å²) in [6.45, 7) is 4.19. The van der Waals surface area contributed by atoms with Crippen molar-refractivity contribution in [2.24, 2.45) is 0 Å². The third kappa shape index (κ3) is 3.10. The molecule has 2 rings (SSSR count). The molecule has 0 saturated heterocycles. The Hall–Kier alpha value is -1.47. The highest BCUT2D eigenvalue weighted by Crippen LogP contribution is 2.31. The zero-order chi connectivity index (χ0) is 13.8. The Bertz CT molecular complexity index is 546. The minimum Gasteiger partial charge on any atom is -0.496 e. The molecule has 0 aliphatic carbocycles. The molecule has 1 unspecified atom stereocenters. The van der Waals surface area contributed by atoms with Crippen molar-refractivity contribution in [3.63, 3.8) is 0 Å². The molecule has 2 aromatic rings. The van der Waals surface area contributed by atoms with Gasteiger partial charge in [-0.2, -0.15) is 0 Å². The average molecular weight is 275 g/mol. The van der Waals surface area contributed by atoms with E-state index in [9.17, 15) is 0 Å². The Morgan fingerprint density at radius 3 is 2.21 bits per heavy atom. The molecule has 2 aromatic carbocycles. The van der Waals surface area contributed by atoms with Gasteiger partial charge < -0.3 is 4.74 Å². The van der Waals surface area contributed by atoms with Crippen molar-refractivity contribution in [1.29, 1.82) is 0 Å². The molecule has 0 aromatic heterocycles. The van der Waals surface area contributed by atoms with Crippen molar-refractivity contribution >= 4 is 11.6 Å². The van der Waals surface area contributed by atoms with Gasteiger partial charge in [0.15, 0.2) is 0 Å². The van der Waals surface area contributed by atoms with Crippen molar-refractivity contribution in [2.45, 2.75) is 25.6 Å². The van der Waals surface area contributed by atoms with E-state index in [-0.39, 0.29) is 5.38 Å². The lowest BCUT2D eigenvalue weighted by Gasteiger charge is -2.13. The maximum Gasteiger partial charge on any atom is 0.121 e. The average Bonchev–Trinajstić information content (AvgIpc) is 2.46. The molecular weight excluding hydrogens is 256 g/mol. The molecule has 1 atom stereocenters. The summed E-state index contributed by atoms with van der Waals surface area (Å²) in [5.74, 6) is 0.897. The highest BCUT2D eigenvalue weighted by Gasteiger charge is 2.12. The van der Waals surface area contributed by atoms with Crippen LogP contribution in [0.15, 0.2) is 42.5 Å². The van der Waals surface area contributed by atoms with Crippen LogP contribution in [-0.4, -0.2) is 7.11 Å². The number of rotatable bonds is 4. The third-order valence-electron chi connectivity index (χ3n) is 3.39. The van der Waals surface area contributed by atoms with E-state index in [1.54, 1.807) is 7.11 Å². The van der Waals surface area contributed by atoms with E-state index >= 15 is 0 Å². The second kappa shape index (κ2) is 6.12. The molecular formula is C17H19ClO. The summed E-state index contributed by atoms with van der Waals surface area (Å²) in [5.41, 5.74) is 4.67. The van der Waals surface area contributed by atoms with Crippen molar-refractivity contribution in [3.8, 4) is 5.75 Å². The number of aryl methyl sites for hydroxylation is 2. The monoisotopic (exact) mass is 274 g/mol. The predicted octanol–water partition coefficient (Wildman–Crippen LogP) is 4.89. The Kier molecular flexibility index (Phi) is 4.49. The van der Waals surface area contributed by atoms with E-state index in [0.29, 0.717) is 0 Å². The first-order chi connectivity index (χ1) is 9.15. The van der Waals surface area contributed by atoms with Gasteiger partial charge in [-0.15, -0.1) is 11.6 Å². The molecule has 0 heterocycles. The highest BCUT2D eigenvalue weighted by molar-refractivity contribution is 6.22. The van der Waals surface area contributed by atoms with Crippen LogP contribution in [0.25, 0.3) is 0 Å². The molecule has 0 fully saturated rings. The van der Waals surface area contributed by atoms with Gasteiger partial charge >= 0.3 is 0 Å². The Morgan fingerprint density at radius 1 is 1.05 bits per heavy atom. The van der Waals surface area contributed by atoms with Crippen molar-refractivity contribution in [3.05, 3.63) is 64.7 Å². The van der Waals surface area contributed by atoms with Crippen LogP contribution < -0.4 is 4.74 Å². The van der Waals surface area contributed by atoms with E-state index in [1.807, 2.05) is 19.1 Å². The fourth-order valence-corrected chi connectivity index (χ4v) is 2.46. The van der Waals surface area contributed by atoms with Gasteiger partial charge in [0.05, 0.1) is 12.5 Å². The standard InChI is InChI=1S/C17H19ClO/c1-4-13-5-7-14(8-6-13)17(18)15-9-10-16(19-3)12(2)11-15/h5-11,17H,4H2,1-3H3. The summed E-state index contributed by atoms with van der Waals surface area (Å²) >= 11 is 6.55. The molecule has 0 bridgehead atoms. The maximum atomic E-state index is 6.55. The van der Waals surface area contributed by atoms with Crippen LogP contribution in [0.1, 0.15) is 34.6 Å². The summed E-state index contributed by atoms with van der Waals surface area (Å²) in [6.07, 6.45) is 1.05. The van der Waals surface area contributed by atoms with Gasteiger partial charge in [0.1, 0.15) is 5.75 Å². The minimum absolute atomic E-state index is 0.115. The number of hydrogen-bond acceptors (Lipinski definition) is 1. The number of alkyl halides is 1. The van der Waals surface area contributed by atoms with Crippen LogP contribution in [0.3, 0.4) is 0 Å². The van der Waals surface area contributed by atoms with E-state index in [4.69, 9.17) is 16.3 Å². The molecule has 0 saturated carbocycles. The molecule has 0 aliphatic rings. The van der Waals surface area contributed by atoms with E-state index in [0.717, 1.165) is 28.9 Å². The quantitative estimate of drug-likeness (QED) is 0.721. The van der Waals surface area contributed by atoms with E-state index in [1.165, 1.54) is 5.56 Å². The number of ether oxygens (including phenoxy) is 1. The topological polar surface area (TPSA) is 9.23 Å². The fraction of sp³-hybridized carbons (Fsp3) is 0.294. The first-order valence-electron chi connectivity index (χ1n) is 6.53. The number of methoxy groups -OCH3 is 1. The van der Waals surface area contributed by atoms with Crippen LogP contribution in [0.2, 0.25) is 0 Å². The highest BCUT2D eigenvalue weighted by atomic mass is 35.5. The number of benzene rings is 2. The number of halogens is 1. The summed E-state index contributed by atoms with van der Waals surface area (Å²) in [4.78, 5) is 0. The molecule has 19 heavy (non-hydrogen) atoms. The second-order valence-corrected chi connectivity index (χ2v) is 5.12. The lowest BCUT2D eigenvalue weighted by atomic mass is 10.0. The van der Waals surface area contributed by atoms with Gasteiger partial charge in [-0.1, -0.05) is 43.3 Å². The normalized spacial score (nSPS) is 12.2. The third-order valence-corrected chi connectivity index (χ3v) is 3.90. The molecule has 2 heteroatoms. The summed E-state index contributed by atoms with van der Waals surface area (Å²) in [5, 5.41) is -0.115. The Balaban J connectivity index is 2.27. The first-order valence-corrected chi connectivity index (χ1v) is 6.96. The fourth-order valence-electron chi connectivity index (χ4n) is 2.17. The van der Waals surface area contributed by atoms with Gasteiger partial charge in [0.2, 0.25) is 0 Å². The smallest absolute Gasteiger partial charge is 0.121 e. The molecule has 0 aliphatic heterocycles. The maximum absolute atomic E-state index is 6.55. The Morgan fingerprint density at radius 2 is 1.68 bits per heavy atom. The lowest BCUT2D eigenvalue weighted by Crippen LogP contribution is -1.96. The van der Waals surface area contributed by atoms with Crippen LogP contribution in [0.4, 0.5) is 0 Å². The molecule has 1 nitrogen and oxygen atoms in total. The predicted molar refractivity (Wildman–Crippen MR) is 81.2 cm³/mol. The van der Waals surface area contributed by atoms with E-state index in [2.05, 4.69) is 37.3 Å². The second-order valence-electron chi connectivity index (χ2n) is 4.69. The molecule has 0 spiro atoms. The van der Waals surface area contributed by atoms with Gasteiger partial charge in [-0.05, 0) is 41.7 Å². The minimum atomic E-state index is -0.115. The van der Waals surface area contributed by atoms with Gasteiger partial charge in [-0.25, -0.2) is 0 Å². The molecule has 0 amide bonds.